The number of benzene rings is 1. The smallest absolute Gasteiger partial charge is 0.279 e. The molecule has 10 nitrogen and oxygen atoms in total. The Labute approximate surface area is 237 Å². The molecule has 1 aliphatic heterocycles. The molecule has 0 unspecified atom stereocenters. The highest BCUT2D eigenvalue weighted by molar-refractivity contribution is 7.87. The summed E-state index contributed by atoms with van der Waals surface area (Å²) in [6.07, 6.45) is 6.48. The van der Waals surface area contributed by atoms with Gasteiger partial charge in [-0.05, 0) is 50.2 Å². The van der Waals surface area contributed by atoms with E-state index in [1.54, 1.807) is 0 Å². The summed E-state index contributed by atoms with van der Waals surface area (Å²) in [5.74, 6) is -0.614. The van der Waals surface area contributed by atoms with Gasteiger partial charge in [0.2, 0.25) is 5.91 Å². The first-order valence-corrected chi connectivity index (χ1v) is 16.0. The predicted octanol–water partition coefficient (Wildman–Crippen LogP) is 3.30. The van der Waals surface area contributed by atoms with E-state index < -0.39 is 22.2 Å². The monoisotopic (exact) mass is 570 g/mol. The zero-order valence-electron chi connectivity index (χ0n) is 23.6. The van der Waals surface area contributed by atoms with E-state index in [1.165, 1.54) is 4.31 Å². The van der Waals surface area contributed by atoms with Crippen LogP contribution in [-0.2, 0) is 21.5 Å². The summed E-state index contributed by atoms with van der Waals surface area (Å²) in [6, 6.07) is 10.7. The number of carbonyl (C=O) groups is 2. The van der Waals surface area contributed by atoms with Gasteiger partial charge in [0.15, 0.2) is 0 Å². The van der Waals surface area contributed by atoms with Crippen LogP contribution < -0.4 is 15.4 Å². The van der Waals surface area contributed by atoms with E-state index >= 15 is 0 Å². The predicted molar refractivity (Wildman–Crippen MR) is 154 cm³/mol. The van der Waals surface area contributed by atoms with Crippen LogP contribution in [0.15, 0.2) is 30.3 Å². The quantitative estimate of drug-likeness (QED) is 0.381. The molecule has 218 valence electrons. The third-order valence-electron chi connectivity index (χ3n) is 7.92. The number of nitriles is 1. The Morgan fingerprint density at radius 1 is 1.07 bits per heavy atom. The van der Waals surface area contributed by atoms with Crippen LogP contribution in [0.2, 0.25) is 0 Å². The minimum Gasteiger partial charge on any atom is -0.347 e. The van der Waals surface area contributed by atoms with Crippen molar-refractivity contribution in [1.82, 2.24) is 24.2 Å². The third kappa shape index (κ3) is 7.42. The van der Waals surface area contributed by atoms with Crippen molar-refractivity contribution in [2.45, 2.75) is 83.8 Å². The Morgan fingerprint density at radius 3 is 2.52 bits per heavy atom. The van der Waals surface area contributed by atoms with Crippen molar-refractivity contribution in [2.24, 2.45) is 11.8 Å². The number of fused-ring (bicyclic) bond motifs is 1. The number of nitrogens with one attached hydrogen (secondary N) is 3. The molecule has 2 fully saturated rings. The lowest BCUT2D eigenvalue weighted by Crippen LogP contribution is -2.50. The van der Waals surface area contributed by atoms with Gasteiger partial charge in [-0.1, -0.05) is 51.3 Å². The van der Waals surface area contributed by atoms with Gasteiger partial charge < -0.3 is 15.2 Å². The van der Waals surface area contributed by atoms with Crippen molar-refractivity contribution in [3.05, 3.63) is 36.0 Å². The average Bonchev–Trinajstić information content (AvgIpc) is 3.32. The number of rotatable bonds is 11. The van der Waals surface area contributed by atoms with E-state index in [-0.39, 0.29) is 36.9 Å². The van der Waals surface area contributed by atoms with E-state index in [1.807, 2.05) is 48.7 Å². The molecule has 3 N–H and O–H groups in total. The van der Waals surface area contributed by atoms with Gasteiger partial charge in [-0.2, -0.15) is 18.0 Å². The zero-order valence-corrected chi connectivity index (χ0v) is 24.4. The number of aromatic nitrogens is 1. The maximum absolute atomic E-state index is 13.6. The Kier molecular flexibility index (Phi) is 10.2. The van der Waals surface area contributed by atoms with Crippen LogP contribution in [0.3, 0.4) is 0 Å². The van der Waals surface area contributed by atoms with Crippen LogP contribution in [0.5, 0.6) is 0 Å². The summed E-state index contributed by atoms with van der Waals surface area (Å²) in [5.41, 5.74) is 1.27. The van der Waals surface area contributed by atoms with Crippen molar-refractivity contribution in [3.63, 3.8) is 0 Å². The number of hydrogen-bond donors (Lipinski definition) is 3. The molecule has 11 heteroatoms. The van der Waals surface area contributed by atoms with Crippen molar-refractivity contribution < 1.29 is 18.0 Å². The molecule has 2 aliphatic rings. The lowest BCUT2D eigenvalue weighted by molar-refractivity contribution is -0.127. The molecule has 2 amide bonds. The van der Waals surface area contributed by atoms with Gasteiger partial charge in [-0.25, -0.2) is 4.72 Å². The number of amides is 2. The lowest BCUT2D eigenvalue weighted by atomic mass is 9.83. The van der Waals surface area contributed by atoms with Gasteiger partial charge in [0.05, 0.1) is 12.0 Å². The van der Waals surface area contributed by atoms with Crippen LogP contribution in [-0.4, -0.2) is 60.8 Å². The topological polar surface area (TPSA) is 136 Å². The Morgan fingerprint density at radius 2 is 1.80 bits per heavy atom. The SMILES string of the molecule is CC(C)C[C@@H](C#N)NC(=O)[C@@H]1CCCC[C@@H]1NC(=O)c1cc2ccccc2n1CCNS(=O)(=O)N1CCCCC1. The fourth-order valence-electron chi connectivity index (χ4n) is 5.88. The summed E-state index contributed by atoms with van der Waals surface area (Å²) in [7, 11) is -3.58. The summed E-state index contributed by atoms with van der Waals surface area (Å²) >= 11 is 0. The standard InChI is InChI=1S/C29H42N6O4S/c1-21(2)18-23(20-30)32-28(36)24-11-5-6-12-25(24)33-29(37)27-19-22-10-4-7-13-26(22)35(27)17-14-31-40(38,39)34-15-8-3-9-16-34/h4,7,10,13,19,21,23-25,31H,3,5-6,8-9,11-12,14-18H2,1-2H3,(H,32,36)(H,33,37)/t23-,24+,25-/m0/s1. The van der Waals surface area contributed by atoms with E-state index in [2.05, 4.69) is 21.4 Å². The van der Waals surface area contributed by atoms with Gasteiger partial charge >= 0.3 is 0 Å². The maximum Gasteiger partial charge on any atom is 0.279 e. The molecule has 0 bridgehead atoms. The highest BCUT2D eigenvalue weighted by atomic mass is 32.2. The number of carbonyl (C=O) groups excluding carboxylic acids is 2. The molecule has 1 aliphatic carbocycles. The summed E-state index contributed by atoms with van der Waals surface area (Å²) in [5, 5.41) is 16.4. The van der Waals surface area contributed by atoms with Crippen molar-refractivity contribution in [3.8, 4) is 6.07 Å². The minimum absolute atomic E-state index is 0.150. The second kappa shape index (κ2) is 13.6. The van der Waals surface area contributed by atoms with E-state index in [9.17, 15) is 23.3 Å². The zero-order chi connectivity index (χ0) is 28.7. The molecule has 1 saturated heterocycles. The van der Waals surface area contributed by atoms with Crippen molar-refractivity contribution in [2.75, 3.05) is 19.6 Å². The third-order valence-corrected chi connectivity index (χ3v) is 9.53. The number of piperidine rings is 1. The minimum atomic E-state index is -3.58. The summed E-state index contributed by atoms with van der Waals surface area (Å²) < 4.78 is 31.6. The summed E-state index contributed by atoms with van der Waals surface area (Å²) in [6.45, 7) is 5.51. The molecule has 0 radical (unpaired) electrons. The highest BCUT2D eigenvalue weighted by Gasteiger charge is 2.34. The highest BCUT2D eigenvalue weighted by Crippen LogP contribution is 2.26. The number of nitrogens with zero attached hydrogens (tertiary/aromatic N) is 3. The lowest BCUT2D eigenvalue weighted by Gasteiger charge is -2.32. The fourth-order valence-corrected chi connectivity index (χ4v) is 7.15. The first kappa shape index (κ1) is 30.0. The van der Waals surface area contributed by atoms with Crippen molar-refractivity contribution >= 4 is 32.9 Å². The Bertz CT molecular complexity index is 1330. The summed E-state index contributed by atoms with van der Waals surface area (Å²) in [4.78, 5) is 26.8. The van der Waals surface area contributed by atoms with E-state index in [0.717, 1.165) is 43.0 Å². The number of para-hydroxylation sites is 1. The first-order chi connectivity index (χ1) is 19.2. The van der Waals surface area contributed by atoms with Crippen LogP contribution >= 0.6 is 0 Å². The molecular formula is C29H42N6O4S. The van der Waals surface area contributed by atoms with Crippen molar-refractivity contribution in [1.29, 1.82) is 5.26 Å². The molecular weight excluding hydrogens is 528 g/mol. The Balaban J connectivity index is 1.47. The molecule has 2 aromatic rings. The molecule has 1 saturated carbocycles. The molecule has 1 aromatic heterocycles. The fraction of sp³-hybridized carbons (Fsp3) is 0.621. The van der Waals surface area contributed by atoms with Gasteiger partial charge in [-0.15, -0.1) is 0 Å². The van der Waals surface area contributed by atoms with Crippen LogP contribution in [0, 0.1) is 23.2 Å². The molecule has 4 rings (SSSR count). The van der Waals surface area contributed by atoms with Gasteiger partial charge in [0.1, 0.15) is 11.7 Å². The molecule has 0 spiro atoms. The van der Waals surface area contributed by atoms with Crippen LogP contribution in [0.1, 0.15) is 75.7 Å². The second-order valence-corrected chi connectivity index (χ2v) is 13.1. The van der Waals surface area contributed by atoms with E-state index in [4.69, 9.17) is 0 Å². The molecule has 2 heterocycles. The van der Waals surface area contributed by atoms with Crippen LogP contribution in [0.25, 0.3) is 10.9 Å². The first-order valence-electron chi connectivity index (χ1n) is 14.5. The molecule has 3 atom stereocenters. The Hall–Kier alpha value is -2.94. The second-order valence-electron chi connectivity index (χ2n) is 11.4. The molecule has 1 aromatic carbocycles. The number of hydrogen-bond acceptors (Lipinski definition) is 5. The van der Waals surface area contributed by atoms with Gasteiger partial charge in [0, 0.05) is 43.1 Å². The maximum atomic E-state index is 13.6. The van der Waals surface area contributed by atoms with Gasteiger partial charge in [-0.3, -0.25) is 9.59 Å². The largest absolute Gasteiger partial charge is 0.347 e. The normalized spacial score (nSPS) is 21.1. The average molecular weight is 571 g/mol. The van der Waals surface area contributed by atoms with E-state index in [0.29, 0.717) is 38.0 Å². The van der Waals surface area contributed by atoms with Gasteiger partial charge in [0.25, 0.3) is 16.1 Å². The molecule has 40 heavy (non-hydrogen) atoms. The van der Waals surface area contributed by atoms with Crippen LogP contribution in [0.4, 0.5) is 0 Å².